The minimum Gasteiger partial charge on any atom is -0.341 e. The second kappa shape index (κ2) is 2.57. The van der Waals surface area contributed by atoms with Gasteiger partial charge in [0.1, 0.15) is 5.60 Å². The zero-order valence-corrected chi connectivity index (χ0v) is 9.29. The molecule has 0 N–H and O–H groups in total. The van der Waals surface area contributed by atoms with Crippen molar-refractivity contribution in [2.24, 2.45) is 0 Å². The molecule has 1 heterocycles. The van der Waals surface area contributed by atoms with Crippen LogP contribution in [0.25, 0.3) is 0 Å². The van der Waals surface area contributed by atoms with E-state index in [1.807, 2.05) is 0 Å². The van der Waals surface area contributed by atoms with Crippen LogP contribution >= 0.6 is 0 Å². The van der Waals surface area contributed by atoms with E-state index in [0.29, 0.717) is 0 Å². The van der Waals surface area contributed by atoms with Crippen LogP contribution in [0.3, 0.4) is 0 Å². The lowest BCUT2D eigenvalue weighted by atomic mass is 9.82. The van der Waals surface area contributed by atoms with Gasteiger partial charge >= 0.3 is 0 Å². The van der Waals surface area contributed by atoms with Crippen LogP contribution in [0.15, 0.2) is 12.2 Å². The van der Waals surface area contributed by atoms with Crippen LogP contribution in [0.2, 0.25) is 0 Å². The van der Waals surface area contributed by atoms with Crippen molar-refractivity contribution in [1.82, 2.24) is 0 Å². The Bertz CT molecular complexity index is 358. The van der Waals surface area contributed by atoms with Gasteiger partial charge in [0.25, 0.3) is 0 Å². The molecule has 15 heavy (non-hydrogen) atoms. The van der Waals surface area contributed by atoms with Crippen molar-refractivity contribution in [3.05, 3.63) is 12.2 Å². The molecular weight excluding hydrogens is 196 g/mol. The van der Waals surface area contributed by atoms with Crippen LogP contribution < -0.4 is 0 Å². The van der Waals surface area contributed by atoms with Gasteiger partial charge < -0.3 is 9.47 Å². The molecule has 0 saturated carbocycles. The van der Waals surface area contributed by atoms with Gasteiger partial charge in [0.05, 0.1) is 0 Å². The van der Waals surface area contributed by atoms with Gasteiger partial charge in [-0.25, -0.2) is 0 Å². The first-order valence-corrected chi connectivity index (χ1v) is 4.89. The predicted molar refractivity (Wildman–Crippen MR) is 52.2 cm³/mol. The highest BCUT2D eigenvalue weighted by Crippen LogP contribution is 2.47. The molecule has 4 heteroatoms. The first-order chi connectivity index (χ1) is 6.71. The van der Waals surface area contributed by atoms with Gasteiger partial charge in [-0.05, 0) is 39.8 Å². The summed E-state index contributed by atoms with van der Waals surface area (Å²) in [5.74, 6) is -1.58. The summed E-state index contributed by atoms with van der Waals surface area (Å²) in [4.78, 5) is 23.6. The maximum absolute atomic E-state index is 11.8. The maximum atomic E-state index is 11.8. The number of rotatable bonds is 0. The molecule has 1 saturated heterocycles. The van der Waals surface area contributed by atoms with Gasteiger partial charge in [0.15, 0.2) is 17.4 Å². The molecule has 2 aliphatic rings. The lowest BCUT2D eigenvalue weighted by Gasteiger charge is -2.30. The fourth-order valence-corrected chi connectivity index (χ4v) is 2.40. The van der Waals surface area contributed by atoms with Crippen LogP contribution in [0.4, 0.5) is 0 Å². The second-order valence-electron chi connectivity index (χ2n) is 4.86. The van der Waals surface area contributed by atoms with Crippen molar-refractivity contribution >= 4 is 11.6 Å². The van der Waals surface area contributed by atoms with Crippen LogP contribution in [0.1, 0.15) is 27.7 Å². The molecule has 0 bridgehead atoms. The van der Waals surface area contributed by atoms with Crippen LogP contribution in [0, 0.1) is 0 Å². The molecule has 0 amide bonds. The van der Waals surface area contributed by atoms with Crippen molar-refractivity contribution in [3.8, 4) is 0 Å². The lowest BCUT2D eigenvalue weighted by Crippen LogP contribution is -2.56. The molecule has 0 atom stereocenters. The van der Waals surface area contributed by atoms with E-state index in [1.54, 1.807) is 27.7 Å². The summed E-state index contributed by atoms with van der Waals surface area (Å²) < 4.78 is 11.2. The SMILES string of the molecule is CC1(C)OC(C)(C)C2(O1)C(=O)C=CC2=O. The minimum atomic E-state index is -1.48. The third-order valence-corrected chi connectivity index (χ3v) is 2.83. The Balaban J connectivity index is 2.54. The van der Waals surface area contributed by atoms with Gasteiger partial charge in [-0.15, -0.1) is 0 Å². The normalized spacial score (nSPS) is 30.4. The number of carbonyl (C=O) groups excluding carboxylic acids is 2. The average molecular weight is 210 g/mol. The number of carbonyl (C=O) groups is 2. The van der Waals surface area contributed by atoms with Gasteiger partial charge in [-0.1, -0.05) is 0 Å². The summed E-state index contributed by atoms with van der Waals surface area (Å²) in [6.45, 7) is 6.79. The van der Waals surface area contributed by atoms with Gasteiger partial charge in [0.2, 0.25) is 5.60 Å². The van der Waals surface area contributed by atoms with Crippen LogP contribution in [0.5, 0.6) is 0 Å². The highest BCUT2D eigenvalue weighted by Gasteiger charge is 2.67. The standard InChI is InChI=1S/C11H14O4/c1-9(2)11(15-10(3,4)14-9)7(12)5-6-8(11)13/h5-6H,1-4H3. The number of ether oxygens (including phenoxy) is 2. The highest BCUT2D eigenvalue weighted by atomic mass is 16.8. The summed E-state index contributed by atoms with van der Waals surface area (Å²) >= 11 is 0. The predicted octanol–water partition coefficient (Wildman–Crippen LogP) is 0.995. The van der Waals surface area contributed by atoms with Crippen molar-refractivity contribution in [2.75, 3.05) is 0 Å². The summed E-state index contributed by atoms with van der Waals surface area (Å²) in [6, 6.07) is 0. The number of ketones is 2. The fourth-order valence-electron chi connectivity index (χ4n) is 2.40. The molecule has 1 fully saturated rings. The van der Waals surface area contributed by atoms with E-state index in [4.69, 9.17) is 9.47 Å². The molecule has 0 aromatic heterocycles. The third-order valence-electron chi connectivity index (χ3n) is 2.83. The number of hydrogen-bond donors (Lipinski definition) is 0. The highest BCUT2D eigenvalue weighted by molar-refractivity contribution is 6.26. The van der Waals surface area contributed by atoms with Crippen molar-refractivity contribution in [2.45, 2.75) is 44.7 Å². The summed E-state index contributed by atoms with van der Waals surface area (Å²) in [7, 11) is 0. The first kappa shape index (κ1) is 10.5. The molecule has 0 aromatic carbocycles. The molecule has 82 valence electrons. The average Bonchev–Trinajstić information content (AvgIpc) is 2.41. The molecule has 1 aliphatic carbocycles. The number of hydrogen-bond acceptors (Lipinski definition) is 4. The maximum Gasteiger partial charge on any atom is 0.223 e. The minimum absolute atomic E-state index is 0.330. The first-order valence-electron chi connectivity index (χ1n) is 4.89. The molecule has 4 nitrogen and oxygen atoms in total. The Morgan fingerprint density at radius 3 is 1.73 bits per heavy atom. The van der Waals surface area contributed by atoms with E-state index in [0.717, 1.165) is 0 Å². The third kappa shape index (κ3) is 1.15. The monoisotopic (exact) mass is 210 g/mol. The largest absolute Gasteiger partial charge is 0.341 e. The molecule has 0 unspecified atom stereocenters. The fraction of sp³-hybridized carbons (Fsp3) is 0.636. The zero-order valence-electron chi connectivity index (χ0n) is 9.29. The van der Waals surface area contributed by atoms with Crippen molar-refractivity contribution < 1.29 is 19.1 Å². The molecular formula is C11H14O4. The summed E-state index contributed by atoms with van der Waals surface area (Å²) in [6.07, 6.45) is 2.52. The molecule has 0 radical (unpaired) electrons. The van der Waals surface area contributed by atoms with Gasteiger partial charge in [-0.3, -0.25) is 9.59 Å². The van der Waals surface area contributed by atoms with Gasteiger partial charge in [0, 0.05) is 0 Å². The topological polar surface area (TPSA) is 52.6 Å². The van der Waals surface area contributed by atoms with E-state index in [-0.39, 0.29) is 11.6 Å². The Hall–Kier alpha value is -1.00. The van der Waals surface area contributed by atoms with E-state index in [1.165, 1.54) is 12.2 Å². The molecule has 1 aliphatic heterocycles. The Morgan fingerprint density at radius 1 is 0.933 bits per heavy atom. The summed E-state index contributed by atoms with van der Waals surface area (Å²) in [5, 5.41) is 0. The quantitative estimate of drug-likeness (QED) is 0.559. The van der Waals surface area contributed by atoms with Crippen molar-refractivity contribution in [1.29, 1.82) is 0 Å². The molecule has 1 spiro atoms. The van der Waals surface area contributed by atoms with Crippen LogP contribution in [-0.4, -0.2) is 28.6 Å². The zero-order chi connectivity index (χ0) is 11.5. The lowest BCUT2D eigenvalue weighted by molar-refractivity contribution is -0.174. The van der Waals surface area contributed by atoms with E-state index in [9.17, 15) is 9.59 Å². The Kier molecular flexibility index (Phi) is 1.80. The smallest absolute Gasteiger partial charge is 0.223 e. The van der Waals surface area contributed by atoms with Crippen LogP contribution in [-0.2, 0) is 19.1 Å². The molecule has 0 aromatic rings. The van der Waals surface area contributed by atoms with E-state index in [2.05, 4.69) is 0 Å². The van der Waals surface area contributed by atoms with Gasteiger partial charge in [-0.2, -0.15) is 0 Å². The summed E-state index contributed by atoms with van der Waals surface area (Å²) in [5.41, 5.74) is -2.41. The molecule has 2 rings (SSSR count). The van der Waals surface area contributed by atoms with E-state index < -0.39 is 17.0 Å². The Morgan fingerprint density at radius 2 is 1.40 bits per heavy atom. The second-order valence-corrected chi connectivity index (χ2v) is 4.86. The van der Waals surface area contributed by atoms with Crippen molar-refractivity contribution in [3.63, 3.8) is 0 Å². The Labute approximate surface area is 88.2 Å². The van der Waals surface area contributed by atoms with E-state index >= 15 is 0 Å².